The summed E-state index contributed by atoms with van der Waals surface area (Å²) in [6.07, 6.45) is 0.692. The van der Waals surface area contributed by atoms with E-state index in [4.69, 9.17) is 15.2 Å². The summed E-state index contributed by atoms with van der Waals surface area (Å²) in [6, 6.07) is 8.14. The fraction of sp³-hybridized carbons (Fsp3) is 0.455. The smallest absolute Gasteiger partial charge is 0.184 e. The maximum atomic E-state index is 5.55. The van der Waals surface area contributed by atoms with Crippen LogP contribution >= 0.6 is 0 Å². The summed E-state index contributed by atoms with van der Waals surface area (Å²) in [5.74, 6) is 0. The zero-order valence-corrected chi connectivity index (χ0v) is 8.11. The van der Waals surface area contributed by atoms with E-state index in [0.29, 0.717) is 19.8 Å². The van der Waals surface area contributed by atoms with Crippen LogP contribution in [0.2, 0.25) is 0 Å². The van der Waals surface area contributed by atoms with E-state index < -0.39 is 0 Å². The van der Waals surface area contributed by atoms with Gasteiger partial charge < -0.3 is 15.2 Å². The predicted octanol–water partition coefficient (Wildman–Crippen LogP) is 1.23. The molecule has 1 aliphatic heterocycles. The number of hydrogen-bond donors (Lipinski definition) is 1. The summed E-state index contributed by atoms with van der Waals surface area (Å²) in [5.41, 5.74) is 7.89. The van der Waals surface area contributed by atoms with Crippen molar-refractivity contribution < 1.29 is 9.47 Å². The monoisotopic (exact) mass is 193 g/mol. The Kier molecular flexibility index (Phi) is 3.14. The van der Waals surface area contributed by atoms with Crippen LogP contribution in [0, 0.1) is 0 Å². The summed E-state index contributed by atoms with van der Waals surface area (Å²) in [4.78, 5) is 0. The molecular weight excluding hydrogens is 178 g/mol. The summed E-state index contributed by atoms with van der Waals surface area (Å²) >= 11 is 0. The number of hydrogen-bond acceptors (Lipinski definition) is 3. The van der Waals surface area contributed by atoms with Gasteiger partial charge >= 0.3 is 0 Å². The molecule has 0 bridgehead atoms. The van der Waals surface area contributed by atoms with Crippen LogP contribution in [0.25, 0.3) is 0 Å². The van der Waals surface area contributed by atoms with E-state index in [1.807, 2.05) is 18.2 Å². The minimum Gasteiger partial charge on any atom is -0.346 e. The van der Waals surface area contributed by atoms with Gasteiger partial charge in [0.1, 0.15) is 0 Å². The molecule has 1 fully saturated rings. The standard InChI is InChI=1S/C11H15NO2/c12-6-5-9-3-1-2-4-10(9)11-13-7-8-14-11/h1-4,11H,5-8,12H2. The van der Waals surface area contributed by atoms with Crippen molar-refractivity contribution in [3.05, 3.63) is 35.4 Å². The topological polar surface area (TPSA) is 44.5 Å². The number of nitrogens with two attached hydrogens (primary N) is 1. The second-order valence-corrected chi connectivity index (χ2v) is 3.31. The molecule has 0 saturated carbocycles. The van der Waals surface area contributed by atoms with Gasteiger partial charge in [-0.25, -0.2) is 0 Å². The summed E-state index contributed by atoms with van der Waals surface area (Å²) < 4.78 is 10.9. The Balaban J connectivity index is 2.21. The predicted molar refractivity (Wildman–Crippen MR) is 53.8 cm³/mol. The average Bonchev–Trinajstić information content (AvgIpc) is 2.72. The van der Waals surface area contributed by atoms with Gasteiger partial charge in [-0.3, -0.25) is 0 Å². The van der Waals surface area contributed by atoms with Crippen LogP contribution in [-0.2, 0) is 15.9 Å². The third-order valence-electron chi connectivity index (χ3n) is 2.34. The minimum atomic E-state index is -0.183. The Bertz CT molecular complexity index is 295. The molecule has 0 aliphatic carbocycles. The number of rotatable bonds is 3. The average molecular weight is 193 g/mol. The van der Waals surface area contributed by atoms with Crippen molar-refractivity contribution >= 4 is 0 Å². The molecule has 0 amide bonds. The summed E-state index contributed by atoms with van der Waals surface area (Å²) in [6.45, 7) is 2.02. The van der Waals surface area contributed by atoms with Gasteiger partial charge in [0.25, 0.3) is 0 Å². The lowest BCUT2D eigenvalue weighted by Crippen LogP contribution is -2.08. The molecule has 3 heteroatoms. The fourth-order valence-electron chi connectivity index (χ4n) is 1.69. The molecule has 1 aromatic rings. The zero-order valence-electron chi connectivity index (χ0n) is 8.11. The Morgan fingerprint density at radius 3 is 2.64 bits per heavy atom. The molecule has 2 N–H and O–H groups in total. The van der Waals surface area contributed by atoms with Crippen molar-refractivity contribution in [1.82, 2.24) is 0 Å². The lowest BCUT2D eigenvalue weighted by molar-refractivity contribution is -0.0446. The van der Waals surface area contributed by atoms with Crippen LogP contribution in [0.5, 0.6) is 0 Å². The molecule has 1 saturated heterocycles. The molecule has 76 valence electrons. The van der Waals surface area contributed by atoms with Gasteiger partial charge in [0.2, 0.25) is 0 Å². The van der Waals surface area contributed by atoms with Crippen molar-refractivity contribution in [1.29, 1.82) is 0 Å². The molecule has 0 unspecified atom stereocenters. The Labute approximate surface area is 83.8 Å². The molecule has 0 radical (unpaired) electrons. The highest BCUT2D eigenvalue weighted by Crippen LogP contribution is 2.26. The van der Waals surface area contributed by atoms with Crippen LogP contribution < -0.4 is 5.73 Å². The highest BCUT2D eigenvalue weighted by atomic mass is 16.7. The first-order valence-corrected chi connectivity index (χ1v) is 4.93. The van der Waals surface area contributed by atoms with Crippen molar-refractivity contribution in [2.45, 2.75) is 12.7 Å². The van der Waals surface area contributed by atoms with Crippen molar-refractivity contribution in [3.63, 3.8) is 0 Å². The van der Waals surface area contributed by atoms with Gasteiger partial charge in [-0.05, 0) is 18.5 Å². The SMILES string of the molecule is NCCc1ccccc1C1OCCO1. The Morgan fingerprint density at radius 1 is 1.21 bits per heavy atom. The van der Waals surface area contributed by atoms with Crippen LogP contribution in [0.15, 0.2) is 24.3 Å². The minimum absolute atomic E-state index is 0.183. The van der Waals surface area contributed by atoms with Gasteiger partial charge in [-0.15, -0.1) is 0 Å². The molecule has 0 spiro atoms. The van der Waals surface area contributed by atoms with Crippen LogP contribution in [0.1, 0.15) is 17.4 Å². The van der Waals surface area contributed by atoms with E-state index in [2.05, 4.69) is 6.07 Å². The molecule has 0 aromatic heterocycles. The normalized spacial score (nSPS) is 17.5. The molecule has 3 nitrogen and oxygen atoms in total. The maximum absolute atomic E-state index is 5.55. The van der Waals surface area contributed by atoms with E-state index in [1.165, 1.54) is 5.56 Å². The largest absolute Gasteiger partial charge is 0.346 e. The second kappa shape index (κ2) is 4.55. The van der Waals surface area contributed by atoms with E-state index in [0.717, 1.165) is 12.0 Å². The van der Waals surface area contributed by atoms with Crippen molar-refractivity contribution in [3.8, 4) is 0 Å². The van der Waals surface area contributed by atoms with Gasteiger partial charge in [0, 0.05) is 5.56 Å². The molecule has 1 aromatic carbocycles. The summed E-state index contributed by atoms with van der Waals surface area (Å²) in [5, 5.41) is 0. The van der Waals surface area contributed by atoms with Gasteiger partial charge in [-0.1, -0.05) is 24.3 Å². The molecule has 2 rings (SSSR count). The van der Waals surface area contributed by atoms with Crippen LogP contribution in [0.4, 0.5) is 0 Å². The number of ether oxygens (including phenoxy) is 2. The van der Waals surface area contributed by atoms with E-state index in [-0.39, 0.29) is 6.29 Å². The molecular formula is C11H15NO2. The Morgan fingerprint density at radius 2 is 1.93 bits per heavy atom. The fourth-order valence-corrected chi connectivity index (χ4v) is 1.69. The maximum Gasteiger partial charge on any atom is 0.184 e. The first kappa shape index (κ1) is 9.65. The van der Waals surface area contributed by atoms with Crippen LogP contribution in [-0.4, -0.2) is 19.8 Å². The van der Waals surface area contributed by atoms with Gasteiger partial charge in [-0.2, -0.15) is 0 Å². The van der Waals surface area contributed by atoms with E-state index in [1.54, 1.807) is 0 Å². The second-order valence-electron chi connectivity index (χ2n) is 3.31. The first-order valence-electron chi connectivity index (χ1n) is 4.93. The summed E-state index contributed by atoms with van der Waals surface area (Å²) in [7, 11) is 0. The highest BCUT2D eigenvalue weighted by molar-refractivity contribution is 5.28. The highest BCUT2D eigenvalue weighted by Gasteiger charge is 2.20. The Hall–Kier alpha value is -0.900. The molecule has 14 heavy (non-hydrogen) atoms. The molecule has 1 heterocycles. The third-order valence-corrected chi connectivity index (χ3v) is 2.34. The van der Waals surface area contributed by atoms with E-state index >= 15 is 0 Å². The lowest BCUT2D eigenvalue weighted by Gasteiger charge is -2.13. The lowest BCUT2D eigenvalue weighted by atomic mass is 10.0. The van der Waals surface area contributed by atoms with Crippen molar-refractivity contribution in [2.24, 2.45) is 5.73 Å². The van der Waals surface area contributed by atoms with Crippen LogP contribution in [0.3, 0.4) is 0 Å². The zero-order chi connectivity index (χ0) is 9.80. The van der Waals surface area contributed by atoms with Gasteiger partial charge in [0.05, 0.1) is 13.2 Å². The van der Waals surface area contributed by atoms with E-state index in [9.17, 15) is 0 Å². The number of benzene rings is 1. The molecule has 1 aliphatic rings. The van der Waals surface area contributed by atoms with Gasteiger partial charge in [0.15, 0.2) is 6.29 Å². The van der Waals surface area contributed by atoms with Crippen molar-refractivity contribution in [2.75, 3.05) is 19.8 Å². The third kappa shape index (κ3) is 1.95. The molecule has 0 atom stereocenters. The first-order chi connectivity index (χ1) is 6.92. The quantitative estimate of drug-likeness (QED) is 0.785.